The van der Waals surface area contributed by atoms with E-state index in [0.717, 1.165) is 57.2 Å². The van der Waals surface area contributed by atoms with Crippen LogP contribution in [0.5, 0.6) is 5.75 Å². The number of aliphatic imine (C=N–C) groups is 1. The molecule has 0 atom stereocenters. The van der Waals surface area contributed by atoms with Gasteiger partial charge in [0.15, 0.2) is 5.96 Å². The molecule has 0 bridgehead atoms. The maximum Gasteiger partial charge on any atom is 0.193 e. The predicted molar refractivity (Wildman–Crippen MR) is 120 cm³/mol. The van der Waals surface area contributed by atoms with Gasteiger partial charge in [-0.15, -0.1) is 24.0 Å². The molecule has 0 radical (unpaired) electrons. The van der Waals surface area contributed by atoms with Gasteiger partial charge in [-0.1, -0.05) is 18.2 Å². The number of hydrogen-bond donors (Lipinski definition) is 1. The van der Waals surface area contributed by atoms with E-state index in [0.29, 0.717) is 0 Å². The van der Waals surface area contributed by atoms with Crippen LogP contribution in [0.25, 0.3) is 0 Å². The zero-order chi connectivity index (χ0) is 18.2. The van der Waals surface area contributed by atoms with Crippen molar-refractivity contribution in [1.82, 2.24) is 20.0 Å². The molecular formula is C20H30IN5O. The molecular weight excluding hydrogens is 453 g/mol. The maximum atomic E-state index is 6.09. The smallest absolute Gasteiger partial charge is 0.193 e. The molecule has 1 aliphatic rings. The Labute approximate surface area is 179 Å². The van der Waals surface area contributed by atoms with Crippen LogP contribution >= 0.6 is 24.0 Å². The van der Waals surface area contributed by atoms with Crippen LogP contribution in [-0.2, 0) is 13.5 Å². The van der Waals surface area contributed by atoms with Gasteiger partial charge in [-0.2, -0.15) is 5.10 Å². The minimum Gasteiger partial charge on any atom is -0.490 e. The third kappa shape index (κ3) is 6.71. The molecule has 148 valence electrons. The number of piperidine rings is 1. The van der Waals surface area contributed by atoms with E-state index in [-0.39, 0.29) is 30.1 Å². The van der Waals surface area contributed by atoms with Crippen molar-refractivity contribution < 1.29 is 4.74 Å². The second kappa shape index (κ2) is 11.2. The minimum atomic E-state index is 0. The number of ether oxygens (including phenoxy) is 1. The highest BCUT2D eigenvalue weighted by molar-refractivity contribution is 14.0. The van der Waals surface area contributed by atoms with Crippen molar-refractivity contribution in [2.75, 3.05) is 26.2 Å². The first-order valence-corrected chi connectivity index (χ1v) is 9.47. The number of aryl methyl sites for hydroxylation is 1. The molecule has 7 heteroatoms. The quantitative estimate of drug-likeness (QED) is 0.390. The number of halogens is 1. The van der Waals surface area contributed by atoms with Crippen LogP contribution in [0.1, 0.15) is 25.3 Å². The standard InChI is InChI=1S/C20H29N5O.HI/c1-3-21-20(22-12-9-17-15-23-24(2)16-17)25-13-10-19(11-14-25)26-18-7-5-4-6-8-18;/h4-8,15-16,19H,3,9-14H2,1-2H3,(H,21,22);1H. The van der Waals surface area contributed by atoms with Crippen molar-refractivity contribution in [3.05, 3.63) is 48.3 Å². The lowest BCUT2D eigenvalue weighted by Crippen LogP contribution is -2.47. The van der Waals surface area contributed by atoms with Crippen LogP contribution in [0.2, 0.25) is 0 Å². The average molecular weight is 483 g/mol. The van der Waals surface area contributed by atoms with Gasteiger partial charge in [0.2, 0.25) is 0 Å². The van der Waals surface area contributed by atoms with E-state index >= 15 is 0 Å². The van der Waals surface area contributed by atoms with E-state index in [2.05, 4.69) is 28.4 Å². The van der Waals surface area contributed by atoms with E-state index in [4.69, 9.17) is 9.73 Å². The topological polar surface area (TPSA) is 54.7 Å². The van der Waals surface area contributed by atoms with E-state index in [1.807, 2.05) is 48.3 Å². The van der Waals surface area contributed by atoms with Crippen LogP contribution in [0.4, 0.5) is 0 Å². The highest BCUT2D eigenvalue weighted by Crippen LogP contribution is 2.18. The molecule has 1 aromatic carbocycles. The molecule has 0 saturated carbocycles. The summed E-state index contributed by atoms with van der Waals surface area (Å²) in [6, 6.07) is 10.1. The number of nitrogens with zero attached hydrogens (tertiary/aromatic N) is 4. The summed E-state index contributed by atoms with van der Waals surface area (Å²) in [4.78, 5) is 7.15. The van der Waals surface area contributed by atoms with Crippen LogP contribution in [0.3, 0.4) is 0 Å². The van der Waals surface area contributed by atoms with Gasteiger partial charge in [-0.05, 0) is 31.0 Å². The summed E-state index contributed by atoms with van der Waals surface area (Å²) in [5.41, 5.74) is 1.22. The van der Waals surface area contributed by atoms with Gasteiger partial charge in [0.1, 0.15) is 11.9 Å². The molecule has 1 N–H and O–H groups in total. The van der Waals surface area contributed by atoms with Crippen molar-refractivity contribution in [2.24, 2.45) is 12.0 Å². The second-order valence-electron chi connectivity index (χ2n) is 6.63. The van der Waals surface area contributed by atoms with Gasteiger partial charge in [0.05, 0.1) is 6.20 Å². The summed E-state index contributed by atoms with van der Waals surface area (Å²) < 4.78 is 7.92. The number of nitrogens with one attached hydrogen (secondary N) is 1. The molecule has 2 aromatic rings. The molecule has 0 amide bonds. The van der Waals surface area contributed by atoms with Crippen LogP contribution in [-0.4, -0.2) is 52.9 Å². The lowest BCUT2D eigenvalue weighted by atomic mass is 10.1. The fourth-order valence-electron chi connectivity index (χ4n) is 3.19. The molecule has 6 nitrogen and oxygen atoms in total. The van der Waals surface area contributed by atoms with Gasteiger partial charge >= 0.3 is 0 Å². The largest absolute Gasteiger partial charge is 0.490 e. The number of benzene rings is 1. The lowest BCUT2D eigenvalue weighted by Gasteiger charge is -2.34. The molecule has 1 fully saturated rings. The van der Waals surface area contributed by atoms with Crippen molar-refractivity contribution in [1.29, 1.82) is 0 Å². The molecule has 1 saturated heterocycles. The Morgan fingerprint density at radius 3 is 2.63 bits per heavy atom. The molecule has 0 unspecified atom stereocenters. The summed E-state index contributed by atoms with van der Waals surface area (Å²) in [7, 11) is 1.94. The molecule has 1 aliphatic heterocycles. The van der Waals surface area contributed by atoms with Gasteiger partial charge in [-0.25, -0.2) is 0 Å². The SMILES string of the molecule is CCNC(=NCCc1cnn(C)c1)N1CCC(Oc2ccccc2)CC1.I. The number of hydrogen-bond acceptors (Lipinski definition) is 3. The number of aromatic nitrogens is 2. The maximum absolute atomic E-state index is 6.09. The summed E-state index contributed by atoms with van der Waals surface area (Å²) >= 11 is 0. The highest BCUT2D eigenvalue weighted by atomic mass is 127. The first-order chi connectivity index (χ1) is 12.7. The first kappa shape index (κ1) is 21.5. The Hall–Kier alpha value is -1.77. The summed E-state index contributed by atoms with van der Waals surface area (Å²) in [5.74, 6) is 1.97. The summed E-state index contributed by atoms with van der Waals surface area (Å²) in [6.07, 6.45) is 7.19. The van der Waals surface area contributed by atoms with Gasteiger partial charge in [0, 0.05) is 52.3 Å². The van der Waals surface area contributed by atoms with Crippen molar-refractivity contribution >= 4 is 29.9 Å². The van der Waals surface area contributed by atoms with Crippen LogP contribution < -0.4 is 10.1 Å². The van der Waals surface area contributed by atoms with E-state index in [9.17, 15) is 0 Å². The Balaban J connectivity index is 0.00000261. The summed E-state index contributed by atoms with van der Waals surface area (Å²) in [6.45, 7) is 5.70. The Kier molecular flexibility index (Phi) is 8.90. The molecule has 3 rings (SSSR count). The molecule has 0 spiro atoms. The fourth-order valence-corrected chi connectivity index (χ4v) is 3.19. The predicted octanol–water partition coefficient (Wildman–Crippen LogP) is 3.09. The van der Waals surface area contributed by atoms with E-state index < -0.39 is 0 Å². The Morgan fingerprint density at radius 1 is 1.26 bits per heavy atom. The molecule has 0 aliphatic carbocycles. The minimum absolute atomic E-state index is 0. The summed E-state index contributed by atoms with van der Waals surface area (Å²) in [5, 5.41) is 7.63. The van der Waals surface area contributed by atoms with Gasteiger partial charge in [0.25, 0.3) is 0 Å². The monoisotopic (exact) mass is 483 g/mol. The van der Waals surface area contributed by atoms with E-state index in [1.165, 1.54) is 5.56 Å². The molecule has 2 heterocycles. The Morgan fingerprint density at radius 2 is 2.00 bits per heavy atom. The van der Waals surface area contributed by atoms with E-state index in [1.54, 1.807) is 0 Å². The number of para-hydroxylation sites is 1. The van der Waals surface area contributed by atoms with Crippen molar-refractivity contribution in [3.63, 3.8) is 0 Å². The van der Waals surface area contributed by atoms with Crippen LogP contribution in [0.15, 0.2) is 47.7 Å². The zero-order valence-electron chi connectivity index (χ0n) is 16.2. The number of guanidine groups is 1. The number of likely N-dealkylation sites (tertiary alicyclic amines) is 1. The third-order valence-electron chi connectivity index (χ3n) is 4.54. The lowest BCUT2D eigenvalue weighted by molar-refractivity contribution is 0.129. The van der Waals surface area contributed by atoms with Crippen LogP contribution in [0, 0.1) is 0 Å². The first-order valence-electron chi connectivity index (χ1n) is 9.47. The Bertz CT molecular complexity index is 695. The number of rotatable bonds is 6. The third-order valence-corrected chi connectivity index (χ3v) is 4.54. The second-order valence-corrected chi connectivity index (χ2v) is 6.63. The zero-order valence-corrected chi connectivity index (χ0v) is 18.5. The van der Waals surface area contributed by atoms with Gasteiger partial charge in [-0.3, -0.25) is 9.67 Å². The highest BCUT2D eigenvalue weighted by Gasteiger charge is 2.22. The van der Waals surface area contributed by atoms with Crippen molar-refractivity contribution in [2.45, 2.75) is 32.3 Å². The molecule has 27 heavy (non-hydrogen) atoms. The molecule has 1 aromatic heterocycles. The average Bonchev–Trinajstić information content (AvgIpc) is 3.08. The fraction of sp³-hybridized carbons (Fsp3) is 0.500. The van der Waals surface area contributed by atoms with Gasteiger partial charge < -0.3 is 15.0 Å². The normalized spacial score (nSPS) is 15.3. The van der Waals surface area contributed by atoms with Crippen molar-refractivity contribution in [3.8, 4) is 5.75 Å².